The Balaban J connectivity index is 1.07. The molecule has 0 saturated heterocycles. The van der Waals surface area contributed by atoms with E-state index in [1.165, 1.54) is 0 Å². The third kappa shape index (κ3) is 6.51. The van der Waals surface area contributed by atoms with Crippen LogP contribution in [0.3, 0.4) is 0 Å². The zero-order valence-electron chi connectivity index (χ0n) is 27.3. The smallest absolute Gasteiger partial charge is 0.0463 e. The Morgan fingerprint density at radius 2 is 0.375 bits per heavy atom. The molecule has 0 fully saturated rings. The minimum Gasteiger partial charge on any atom is -0.345 e. The zero-order valence-corrected chi connectivity index (χ0v) is 27.3. The third-order valence-electron chi connectivity index (χ3n) is 8.67. The summed E-state index contributed by atoms with van der Waals surface area (Å²) in [6, 6.07) is 68.2. The van der Waals surface area contributed by atoms with Crippen LogP contribution in [0.5, 0.6) is 0 Å². The van der Waals surface area contributed by atoms with Gasteiger partial charge in [0.25, 0.3) is 0 Å². The summed E-state index contributed by atoms with van der Waals surface area (Å²) in [6.45, 7) is 0. The average molecular weight is 623 g/mol. The maximum atomic E-state index is 2.28. The largest absolute Gasteiger partial charge is 0.345 e. The molecule has 7 rings (SSSR count). The predicted molar refractivity (Wildman–Crippen MR) is 205 cm³/mol. The molecule has 0 aliphatic heterocycles. The van der Waals surface area contributed by atoms with Gasteiger partial charge in [-0.15, -0.1) is 0 Å². The van der Waals surface area contributed by atoms with E-state index in [0.717, 1.165) is 56.9 Å². The second-order valence-electron chi connectivity index (χ2n) is 11.7. The second-order valence-corrected chi connectivity index (χ2v) is 11.7. The molecular formula is C44H38N4. The highest BCUT2D eigenvalue weighted by Gasteiger charge is 2.15. The van der Waals surface area contributed by atoms with Crippen LogP contribution in [0.1, 0.15) is 0 Å². The number of hydrogen-bond donors (Lipinski definition) is 0. The number of hydrogen-bond acceptors (Lipinski definition) is 4. The second kappa shape index (κ2) is 14.0. The lowest BCUT2D eigenvalue weighted by Crippen LogP contribution is -2.13. The topological polar surface area (TPSA) is 13.0 Å². The Kier molecular flexibility index (Phi) is 8.88. The van der Waals surface area contributed by atoms with E-state index >= 15 is 0 Å². The van der Waals surface area contributed by atoms with Gasteiger partial charge in [-0.1, -0.05) is 72.8 Å². The van der Waals surface area contributed by atoms with E-state index in [1.54, 1.807) is 0 Å². The summed E-state index contributed by atoms with van der Waals surface area (Å²) in [4.78, 5) is 9.00. The van der Waals surface area contributed by atoms with Crippen molar-refractivity contribution < 1.29 is 0 Å². The van der Waals surface area contributed by atoms with Crippen molar-refractivity contribution in [2.75, 3.05) is 33.7 Å². The Morgan fingerprint density at radius 1 is 0.208 bits per heavy atom. The maximum Gasteiger partial charge on any atom is 0.0463 e. The minimum atomic E-state index is 1.11. The molecule has 234 valence electrons. The molecule has 0 aromatic heterocycles. The van der Waals surface area contributed by atoms with Crippen molar-refractivity contribution in [2.24, 2.45) is 0 Å². The SMILES string of the molecule is CN(c1ccc(N(C)c2ccc(N(c3ccccc3)c3ccccc3)cc2)cc1)c1ccc(N(c2ccccc2)c2ccccc2)cc1. The predicted octanol–water partition coefficient (Wildman–Crippen LogP) is 12.2. The molecule has 0 atom stereocenters. The van der Waals surface area contributed by atoms with Crippen molar-refractivity contribution >= 4 is 56.9 Å². The van der Waals surface area contributed by atoms with Crippen LogP contribution in [0.2, 0.25) is 0 Å². The van der Waals surface area contributed by atoms with Gasteiger partial charge in [-0.3, -0.25) is 0 Å². The highest BCUT2D eigenvalue weighted by Crippen LogP contribution is 2.38. The summed E-state index contributed by atoms with van der Waals surface area (Å²) < 4.78 is 0. The molecule has 7 aromatic carbocycles. The quantitative estimate of drug-likeness (QED) is 0.150. The van der Waals surface area contributed by atoms with E-state index in [9.17, 15) is 0 Å². The Morgan fingerprint density at radius 3 is 0.583 bits per heavy atom. The zero-order chi connectivity index (χ0) is 32.7. The van der Waals surface area contributed by atoms with Crippen molar-refractivity contribution in [3.8, 4) is 0 Å². The lowest BCUT2D eigenvalue weighted by atomic mass is 10.1. The van der Waals surface area contributed by atoms with E-state index in [4.69, 9.17) is 0 Å². The highest BCUT2D eigenvalue weighted by atomic mass is 15.2. The van der Waals surface area contributed by atoms with Crippen molar-refractivity contribution in [3.63, 3.8) is 0 Å². The van der Waals surface area contributed by atoms with Crippen LogP contribution in [0.25, 0.3) is 0 Å². The number of nitrogens with zero attached hydrogens (tertiary/aromatic N) is 4. The summed E-state index contributed by atoms with van der Waals surface area (Å²) >= 11 is 0. The van der Waals surface area contributed by atoms with Crippen molar-refractivity contribution in [1.29, 1.82) is 0 Å². The molecule has 48 heavy (non-hydrogen) atoms. The summed E-state index contributed by atoms with van der Waals surface area (Å²) in [6.07, 6.45) is 0. The number of rotatable bonds is 10. The van der Waals surface area contributed by atoms with Gasteiger partial charge in [-0.25, -0.2) is 0 Å². The first-order chi connectivity index (χ1) is 23.7. The molecule has 0 spiro atoms. The first-order valence-corrected chi connectivity index (χ1v) is 16.2. The van der Waals surface area contributed by atoms with Crippen LogP contribution in [0, 0.1) is 0 Å². The van der Waals surface area contributed by atoms with Crippen LogP contribution in [0.4, 0.5) is 56.9 Å². The monoisotopic (exact) mass is 622 g/mol. The molecule has 4 nitrogen and oxygen atoms in total. The molecule has 7 aromatic rings. The summed E-state index contributed by atoms with van der Waals surface area (Å²) in [5, 5.41) is 0. The molecule has 0 radical (unpaired) electrons. The molecule has 0 bridgehead atoms. The Hall–Kier alpha value is -6.26. The highest BCUT2D eigenvalue weighted by molar-refractivity contribution is 5.80. The van der Waals surface area contributed by atoms with Gasteiger partial charge in [-0.05, 0) is 121 Å². The number of anilines is 10. The van der Waals surface area contributed by atoms with Crippen molar-refractivity contribution in [2.45, 2.75) is 0 Å². The summed E-state index contributed by atoms with van der Waals surface area (Å²) in [5.74, 6) is 0. The fraction of sp³-hybridized carbons (Fsp3) is 0.0455. The first-order valence-electron chi connectivity index (χ1n) is 16.2. The van der Waals surface area contributed by atoms with Gasteiger partial charge in [0, 0.05) is 71.0 Å². The van der Waals surface area contributed by atoms with Crippen LogP contribution in [-0.2, 0) is 0 Å². The lowest BCUT2D eigenvalue weighted by molar-refractivity contribution is 1.18. The van der Waals surface area contributed by atoms with Crippen LogP contribution >= 0.6 is 0 Å². The number of benzene rings is 7. The van der Waals surface area contributed by atoms with Gasteiger partial charge in [0.1, 0.15) is 0 Å². The molecule has 0 amide bonds. The van der Waals surface area contributed by atoms with E-state index in [0.29, 0.717) is 0 Å². The molecule has 0 unspecified atom stereocenters. The first kappa shape index (κ1) is 30.4. The molecule has 4 heteroatoms. The van der Waals surface area contributed by atoms with Crippen molar-refractivity contribution in [1.82, 2.24) is 0 Å². The normalized spacial score (nSPS) is 10.7. The average Bonchev–Trinajstić information content (AvgIpc) is 3.17. The Bertz CT molecular complexity index is 1780. The molecule has 0 aliphatic carbocycles. The van der Waals surface area contributed by atoms with Crippen LogP contribution in [0.15, 0.2) is 194 Å². The fourth-order valence-corrected chi connectivity index (χ4v) is 6.05. The minimum absolute atomic E-state index is 1.11. The molecule has 0 N–H and O–H groups in total. The molecular weight excluding hydrogens is 585 g/mol. The van der Waals surface area contributed by atoms with Gasteiger partial charge in [0.05, 0.1) is 0 Å². The fourth-order valence-electron chi connectivity index (χ4n) is 6.05. The summed E-state index contributed by atoms with van der Waals surface area (Å²) in [7, 11) is 4.23. The molecule has 0 heterocycles. The van der Waals surface area contributed by atoms with E-state index in [-0.39, 0.29) is 0 Å². The van der Waals surface area contributed by atoms with Crippen molar-refractivity contribution in [3.05, 3.63) is 194 Å². The standard InChI is InChI=1S/C44H38N4/c1-45(37-27-31-43(32-28-37)47(39-15-7-3-8-16-39)40-17-9-4-10-18-40)35-23-25-36(26-24-35)46(2)38-29-33-44(34-30-38)48(41-19-11-5-12-20-41)42-21-13-6-14-22-42/h3-34H,1-2H3. The van der Waals surface area contributed by atoms with Gasteiger partial charge >= 0.3 is 0 Å². The van der Waals surface area contributed by atoms with Gasteiger partial charge in [-0.2, -0.15) is 0 Å². The van der Waals surface area contributed by atoms with Gasteiger partial charge in [0.15, 0.2) is 0 Å². The molecule has 0 saturated carbocycles. The summed E-state index contributed by atoms with van der Waals surface area (Å²) in [5.41, 5.74) is 11.2. The third-order valence-corrected chi connectivity index (χ3v) is 8.67. The van der Waals surface area contributed by atoms with Crippen LogP contribution < -0.4 is 19.6 Å². The van der Waals surface area contributed by atoms with Crippen LogP contribution in [-0.4, -0.2) is 14.1 Å². The van der Waals surface area contributed by atoms with Gasteiger partial charge < -0.3 is 19.6 Å². The van der Waals surface area contributed by atoms with Gasteiger partial charge in [0.2, 0.25) is 0 Å². The van der Waals surface area contributed by atoms with E-state index in [1.807, 2.05) is 0 Å². The lowest BCUT2D eigenvalue weighted by Gasteiger charge is -2.27. The Labute approximate surface area is 284 Å². The van der Waals surface area contributed by atoms with E-state index < -0.39 is 0 Å². The molecule has 0 aliphatic rings. The number of para-hydroxylation sites is 4. The maximum absolute atomic E-state index is 2.28. The van der Waals surface area contributed by atoms with E-state index in [2.05, 4.69) is 228 Å².